The topological polar surface area (TPSA) is 140 Å². The van der Waals surface area contributed by atoms with E-state index in [-0.39, 0.29) is 42.3 Å². The van der Waals surface area contributed by atoms with Crippen molar-refractivity contribution in [2.75, 3.05) is 17.8 Å². The van der Waals surface area contributed by atoms with Gasteiger partial charge in [-0.1, -0.05) is 6.07 Å². The molecule has 2 aromatic rings. The minimum atomic E-state index is -3.71. The van der Waals surface area contributed by atoms with E-state index in [9.17, 15) is 13.2 Å². The van der Waals surface area contributed by atoms with Crippen molar-refractivity contribution in [2.24, 2.45) is 16.5 Å². The van der Waals surface area contributed by atoms with Crippen LogP contribution in [0, 0.1) is 13.8 Å². The highest BCUT2D eigenvalue weighted by Gasteiger charge is 2.15. The van der Waals surface area contributed by atoms with Crippen LogP contribution in [-0.2, 0) is 10.0 Å². The summed E-state index contributed by atoms with van der Waals surface area (Å²) in [5, 5.41) is 2.66. The fraction of sp³-hybridized carbons (Fsp3) is 0.222. The fourth-order valence-electron chi connectivity index (χ4n) is 2.45. The third-order valence-electron chi connectivity index (χ3n) is 3.60. The number of sulfonamides is 1. The van der Waals surface area contributed by atoms with Gasteiger partial charge in [0.2, 0.25) is 0 Å². The second kappa shape index (κ2) is 9.95. The zero-order valence-corrected chi connectivity index (χ0v) is 17.2. The van der Waals surface area contributed by atoms with Gasteiger partial charge in [0.05, 0.1) is 11.4 Å². The number of hydrogen-bond acceptors (Lipinski definition) is 4. The van der Waals surface area contributed by atoms with E-state index >= 15 is 0 Å². The van der Waals surface area contributed by atoms with Gasteiger partial charge in [-0.3, -0.25) is 14.5 Å². The lowest BCUT2D eigenvalue weighted by Gasteiger charge is -2.10. The molecule has 0 aliphatic carbocycles. The number of carbonyl (C=O) groups excluding carboxylic acids is 1. The van der Waals surface area contributed by atoms with Crippen molar-refractivity contribution >= 4 is 40.0 Å². The summed E-state index contributed by atoms with van der Waals surface area (Å²) in [6.45, 7) is 4.25. The summed E-state index contributed by atoms with van der Waals surface area (Å²) >= 11 is 0. The number of anilines is 1. The van der Waals surface area contributed by atoms with E-state index in [2.05, 4.69) is 15.0 Å². The molecule has 0 aliphatic heterocycles. The van der Waals surface area contributed by atoms with Gasteiger partial charge in [-0.25, -0.2) is 8.42 Å². The van der Waals surface area contributed by atoms with E-state index in [4.69, 9.17) is 11.5 Å². The highest BCUT2D eigenvalue weighted by Crippen LogP contribution is 2.19. The number of hydrogen-bond donors (Lipinski definition) is 4. The number of nitrogens with one attached hydrogen (secondary N) is 2. The van der Waals surface area contributed by atoms with Crippen LogP contribution in [0.2, 0.25) is 0 Å². The van der Waals surface area contributed by atoms with E-state index in [0.717, 1.165) is 11.1 Å². The predicted molar refractivity (Wildman–Crippen MR) is 113 cm³/mol. The van der Waals surface area contributed by atoms with Crippen molar-refractivity contribution in [3.8, 4) is 0 Å². The second-order valence-electron chi connectivity index (χ2n) is 6.07. The molecule has 0 aliphatic rings. The molecule has 2 rings (SSSR count). The Hall–Kier alpha value is -2.78. The van der Waals surface area contributed by atoms with Gasteiger partial charge in [-0.2, -0.15) is 0 Å². The Morgan fingerprint density at radius 1 is 1.04 bits per heavy atom. The third kappa shape index (κ3) is 6.75. The molecule has 1 amide bonds. The Bertz CT molecular complexity index is 935. The zero-order valence-electron chi connectivity index (χ0n) is 15.6. The van der Waals surface area contributed by atoms with Crippen LogP contribution in [0.4, 0.5) is 5.69 Å². The largest absolute Gasteiger partial charge is 0.370 e. The van der Waals surface area contributed by atoms with Crippen LogP contribution in [0.5, 0.6) is 0 Å². The molecular formula is C18H24ClN5O3S. The molecular weight excluding hydrogens is 402 g/mol. The minimum Gasteiger partial charge on any atom is -0.370 e. The van der Waals surface area contributed by atoms with Crippen LogP contribution < -0.4 is 21.5 Å². The van der Waals surface area contributed by atoms with E-state index in [0.29, 0.717) is 11.3 Å². The maximum atomic E-state index is 12.5. The summed E-state index contributed by atoms with van der Waals surface area (Å²) in [5.74, 6) is -0.339. The van der Waals surface area contributed by atoms with Crippen LogP contribution in [0.1, 0.15) is 21.5 Å². The average Bonchev–Trinajstić information content (AvgIpc) is 2.58. The van der Waals surface area contributed by atoms with E-state index in [1.165, 1.54) is 24.3 Å². The molecule has 0 spiro atoms. The SMILES string of the molecule is Cc1cc(C)cc(S(=O)(=O)Nc2ccc(C(=O)NCCN=C(N)N)cc2)c1.Cl. The van der Waals surface area contributed by atoms with Gasteiger partial charge in [-0.15, -0.1) is 12.4 Å². The number of aliphatic imine (C=N–C) groups is 1. The first-order valence-electron chi connectivity index (χ1n) is 8.22. The van der Waals surface area contributed by atoms with Gasteiger partial charge in [0.15, 0.2) is 5.96 Å². The lowest BCUT2D eigenvalue weighted by Crippen LogP contribution is -2.28. The molecule has 2 aromatic carbocycles. The maximum Gasteiger partial charge on any atom is 0.261 e. The fourth-order valence-corrected chi connectivity index (χ4v) is 3.69. The summed E-state index contributed by atoms with van der Waals surface area (Å²) < 4.78 is 27.6. The normalized spacial score (nSPS) is 10.5. The predicted octanol–water partition coefficient (Wildman–Crippen LogP) is 1.53. The molecule has 0 fully saturated rings. The number of rotatable bonds is 7. The molecule has 0 unspecified atom stereocenters. The monoisotopic (exact) mass is 425 g/mol. The van der Waals surface area contributed by atoms with Crippen LogP contribution in [0.3, 0.4) is 0 Å². The van der Waals surface area contributed by atoms with Crippen molar-refractivity contribution in [3.63, 3.8) is 0 Å². The number of benzene rings is 2. The van der Waals surface area contributed by atoms with E-state index in [1.807, 2.05) is 19.9 Å². The lowest BCUT2D eigenvalue weighted by molar-refractivity contribution is 0.0955. The Morgan fingerprint density at radius 3 is 2.14 bits per heavy atom. The number of amides is 1. The van der Waals surface area contributed by atoms with Gasteiger partial charge < -0.3 is 16.8 Å². The number of nitrogens with two attached hydrogens (primary N) is 2. The number of carbonyl (C=O) groups is 1. The molecule has 8 nitrogen and oxygen atoms in total. The van der Waals surface area contributed by atoms with Gasteiger partial charge in [0.25, 0.3) is 15.9 Å². The molecule has 152 valence electrons. The smallest absolute Gasteiger partial charge is 0.261 e. The second-order valence-corrected chi connectivity index (χ2v) is 7.75. The molecule has 0 aromatic heterocycles. The number of nitrogens with zero attached hydrogens (tertiary/aromatic N) is 1. The third-order valence-corrected chi connectivity index (χ3v) is 4.96. The Balaban J connectivity index is 0.00000392. The summed E-state index contributed by atoms with van der Waals surface area (Å²) in [7, 11) is -3.71. The van der Waals surface area contributed by atoms with Crippen LogP contribution in [0.25, 0.3) is 0 Å². The first-order valence-corrected chi connectivity index (χ1v) is 9.70. The van der Waals surface area contributed by atoms with Gasteiger partial charge in [0, 0.05) is 17.8 Å². The van der Waals surface area contributed by atoms with Crippen molar-refractivity contribution in [2.45, 2.75) is 18.7 Å². The summed E-state index contributed by atoms with van der Waals surface area (Å²) in [5.41, 5.74) is 12.9. The highest BCUT2D eigenvalue weighted by molar-refractivity contribution is 7.92. The quantitative estimate of drug-likeness (QED) is 0.302. The van der Waals surface area contributed by atoms with Crippen LogP contribution >= 0.6 is 12.4 Å². The van der Waals surface area contributed by atoms with Crippen molar-refractivity contribution < 1.29 is 13.2 Å². The first-order chi connectivity index (χ1) is 12.7. The summed E-state index contributed by atoms with van der Waals surface area (Å²) in [6, 6.07) is 11.3. The van der Waals surface area contributed by atoms with Crippen molar-refractivity contribution in [3.05, 3.63) is 59.2 Å². The van der Waals surface area contributed by atoms with Gasteiger partial charge in [0.1, 0.15) is 0 Å². The van der Waals surface area contributed by atoms with Crippen LogP contribution in [-0.4, -0.2) is 33.4 Å². The Morgan fingerprint density at radius 2 is 1.61 bits per heavy atom. The number of aryl methyl sites for hydroxylation is 2. The molecule has 0 heterocycles. The average molecular weight is 426 g/mol. The molecule has 0 saturated heterocycles. The molecule has 0 radical (unpaired) electrons. The van der Waals surface area contributed by atoms with E-state index in [1.54, 1.807) is 12.1 Å². The first kappa shape index (κ1) is 23.3. The molecule has 28 heavy (non-hydrogen) atoms. The highest BCUT2D eigenvalue weighted by atomic mass is 35.5. The minimum absolute atomic E-state index is 0. The number of halogens is 1. The van der Waals surface area contributed by atoms with Crippen molar-refractivity contribution in [1.29, 1.82) is 0 Å². The molecule has 0 atom stereocenters. The van der Waals surface area contributed by atoms with Crippen LogP contribution in [0.15, 0.2) is 52.4 Å². The van der Waals surface area contributed by atoms with E-state index < -0.39 is 10.0 Å². The number of guanidine groups is 1. The van der Waals surface area contributed by atoms with Gasteiger partial charge >= 0.3 is 0 Å². The maximum absolute atomic E-state index is 12.5. The lowest BCUT2D eigenvalue weighted by atomic mass is 10.2. The standard InChI is InChI=1S/C18H23N5O3S.ClH/c1-12-9-13(2)11-16(10-12)27(25,26)23-15-5-3-14(4-6-15)17(24)21-7-8-22-18(19)20;/h3-6,9-11,23H,7-8H2,1-2H3,(H,21,24)(H4,19,20,22);1H. The molecule has 0 bridgehead atoms. The Kier molecular flexibility index (Phi) is 8.27. The van der Waals surface area contributed by atoms with Crippen molar-refractivity contribution in [1.82, 2.24) is 5.32 Å². The molecule has 6 N–H and O–H groups in total. The Labute approximate surface area is 170 Å². The molecule has 10 heteroatoms. The molecule has 0 saturated carbocycles. The summed E-state index contributed by atoms with van der Waals surface area (Å²) in [4.78, 5) is 16.0. The summed E-state index contributed by atoms with van der Waals surface area (Å²) in [6.07, 6.45) is 0. The zero-order chi connectivity index (χ0) is 20.0. The van der Waals surface area contributed by atoms with Gasteiger partial charge in [-0.05, 0) is 61.4 Å².